The highest BCUT2D eigenvalue weighted by Crippen LogP contribution is 2.20. The summed E-state index contributed by atoms with van der Waals surface area (Å²) in [5, 5.41) is 6.31. The fraction of sp³-hybridized carbons (Fsp3) is 0.579. The normalized spacial score (nSPS) is 15.8. The topological polar surface area (TPSA) is 62.3 Å². The molecule has 7 heteroatoms. The third-order valence-corrected chi connectivity index (χ3v) is 5.32. The van der Waals surface area contributed by atoms with E-state index in [0.29, 0.717) is 6.61 Å². The molecule has 0 aliphatic carbocycles. The highest BCUT2D eigenvalue weighted by molar-refractivity contribution is 6.99. The largest absolute Gasteiger partial charge is 0.494 e. The Morgan fingerprint density at radius 3 is 2.85 bits per heavy atom. The molecule has 0 spiro atoms. The van der Waals surface area contributed by atoms with Gasteiger partial charge < -0.3 is 15.4 Å². The Kier molecular flexibility index (Phi) is 7.08. The van der Waals surface area contributed by atoms with E-state index < -0.39 is 0 Å². The molecule has 142 valence electrons. The zero-order valence-corrected chi connectivity index (χ0v) is 16.5. The molecule has 0 radical (unpaired) electrons. The lowest BCUT2D eigenvalue weighted by Crippen LogP contribution is -2.32. The van der Waals surface area contributed by atoms with Gasteiger partial charge in [-0.1, -0.05) is 19.1 Å². The molecule has 2 N–H and O–H groups in total. The highest BCUT2D eigenvalue weighted by atomic mass is 32.1. The van der Waals surface area contributed by atoms with Gasteiger partial charge >= 0.3 is 0 Å². The molecule has 3 rings (SSSR count). The molecule has 1 saturated heterocycles. The summed E-state index contributed by atoms with van der Waals surface area (Å²) in [6.45, 7) is 7.28. The monoisotopic (exact) mass is 375 g/mol. The van der Waals surface area contributed by atoms with Gasteiger partial charge in [0.2, 0.25) is 0 Å². The average Bonchev–Trinajstić information content (AvgIpc) is 3.11. The number of likely N-dealkylation sites (tertiary alicyclic amines) is 1. The van der Waals surface area contributed by atoms with Crippen molar-refractivity contribution in [3.8, 4) is 5.75 Å². The lowest BCUT2D eigenvalue weighted by molar-refractivity contribution is 0.185. The van der Waals surface area contributed by atoms with E-state index in [1.165, 1.54) is 43.2 Å². The first-order valence-electron chi connectivity index (χ1n) is 9.43. The smallest absolute Gasteiger partial charge is 0.184 e. The molecule has 0 unspecified atom stereocenters. The van der Waals surface area contributed by atoms with Crippen LogP contribution in [-0.4, -0.2) is 46.9 Å². The van der Waals surface area contributed by atoms with Crippen LogP contribution in [0.2, 0.25) is 0 Å². The minimum Gasteiger partial charge on any atom is -0.494 e. The predicted molar refractivity (Wildman–Crippen MR) is 108 cm³/mol. The van der Waals surface area contributed by atoms with E-state index in [1.54, 1.807) is 0 Å². The molecule has 1 aromatic carbocycles. The van der Waals surface area contributed by atoms with Crippen LogP contribution in [0.25, 0.3) is 0 Å². The summed E-state index contributed by atoms with van der Waals surface area (Å²) < 4.78 is 14.3. The van der Waals surface area contributed by atoms with E-state index >= 15 is 0 Å². The Morgan fingerprint density at radius 1 is 1.23 bits per heavy atom. The van der Waals surface area contributed by atoms with Gasteiger partial charge in [0.15, 0.2) is 11.6 Å². The second-order valence-electron chi connectivity index (χ2n) is 6.95. The van der Waals surface area contributed by atoms with Gasteiger partial charge in [-0.3, -0.25) is 4.90 Å². The van der Waals surface area contributed by atoms with Crippen LogP contribution in [0.3, 0.4) is 0 Å². The van der Waals surface area contributed by atoms with Crippen LogP contribution in [0.4, 0.5) is 11.6 Å². The zero-order valence-electron chi connectivity index (χ0n) is 15.7. The van der Waals surface area contributed by atoms with Gasteiger partial charge in [0, 0.05) is 20.1 Å². The maximum absolute atomic E-state index is 5.92. The van der Waals surface area contributed by atoms with Gasteiger partial charge in [0.05, 0.1) is 18.3 Å². The second-order valence-corrected chi connectivity index (χ2v) is 7.47. The summed E-state index contributed by atoms with van der Waals surface area (Å²) in [6.07, 6.45) is 3.54. The summed E-state index contributed by atoms with van der Waals surface area (Å²) in [5.74, 6) is 3.45. The summed E-state index contributed by atoms with van der Waals surface area (Å²) in [6, 6.07) is 8.50. The van der Waals surface area contributed by atoms with Crippen LogP contribution < -0.4 is 15.4 Å². The Bertz CT molecular complexity index is 669. The molecule has 1 aromatic heterocycles. The molecule has 2 heterocycles. The van der Waals surface area contributed by atoms with Crippen LogP contribution in [-0.2, 0) is 6.54 Å². The van der Waals surface area contributed by atoms with E-state index in [1.807, 2.05) is 13.1 Å². The van der Waals surface area contributed by atoms with Gasteiger partial charge in [-0.25, -0.2) is 0 Å². The number of piperidine rings is 1. The lowest BCUT2D eigenvalue weighted by atomic mass is 9.99. The van der Waals surface area contributed by atoms with Crippen LogP contribution >= 0.6 is 11.7 Å². The van der Waals surface area contributed by atoms with E-state index in [-0.39, 0.29) is 0 Å². The Hall–Kier alpha value is -1.86. The van der Waals surface area contributed by atoms with Gasteiger partial charge in [0.1, 0.15) is 5.75 Å². The summed E-state index contributed by atoms with van der Waals surface area (Å²) in [7, 11) is 1.85. The van der Waals surface area contributed by atoms with Crippen molar-refractivity contribution in [2.24, 2.45) is 5.92 Å². The van der Waals surface area contributed by atoms with Crippen LogP contribution in [0.15, 0.2) is 24.3 Å². The van der Waals surface area contributed by atoms with Crippen molar-refractivity contribution in [1.82, 2.24) is 13.6 Å². The van der Waals surface area contributed by atoms with Crippen molar-refractivity contribution >= 4 is 23.4 Å². The van der Waals surface area contributed by atoms with Crippen molar-refractivity contribution in [3.05, 3.63) is 29.8 Å². The van der Waals surface area contributed by atoms with Crippen molar-refractivity contribution in [2.45, 2.75) is 32.7 Å². The Balaban J connectivity index is 1.38. The first-order chi connectivity index (χ1) is 12.7. The van der Waals surface area contributed by atoms with Gasteiger partial charge in [-0.15, -0.1) is 0 Å². The average molecular weight is 376 g/mol. The van der Waals surface area contributed by atoms with Crippen LogP contribution in [0.5, 0.6) is 5.75 Å². The first kappa shape index (κ1) is 18.9. The molecule has 0 bridgehead atoms. The van der Waals surface area contributed by atoms with Crippen molar-refractivity contribution in [1.29, 1.82) is 0 Å². The molecular weight excluding hydrogens is 346 g/mol. The molecule has 1 aliphatic heterocycles. The molecule has 26 heavy (non-hydrogen) atoms. The van der Waals surface area contributed by atoms with Crippen LogP contribution in [0.1, 0.15) is 31.7 Å². The van der Waals surface area contributed by atoms with E-state index in [2.05, 4.69) is 49.4 Å². The number of hydrogen-bond acceptors (Lipinski definition) is 7. The summed E-state index contributed by atoms with van der Waals surface area (Å²) in [4.78, 5) is 2.55. The van der Waals surface area contributed by atoms with E-state index in [4.69, 9.17) is 4.74 Å². The third kappa shape index (κ3) is 5.57. The first-order valence-corrected chi connectivity index (χ1v) is 10.2. The highest BCUT2D eigenvalue weighted by Gasteiger charge is 2.15. The van der Waals surface area contributed by atoms with E-state index in [0.717, 1.165) is 42.8 Å². The third-order valence-electron chi connectivity index (χ3n) is 4.79. The Morgan fingerprint density at radius 2 is 2.04 bits per heavy atom. The number of nitrogens with zero attached hydrogens (tertiary/aromatic N) is 3. The van der Waals surface area contributed by atoms with Crippen molar-refractivity contribution in [3.63, 3.8) is 0 Å². The zero-order chi connectivity index (χ0) is 18.2. The quantitative estimate of drug-likeness (QED) is 0.652. The van der Waals surface area contributed by atoms with Crippen molar-refractivity contribution in [2.75, 3.05) is 43.9 Å². The fourth-order valence-corrected chi connectivity index (χ4v) is 3.68. The van der Waals surface area contributed by atoms with Crippen molar-refractivity contribution < 1.29 is 4.74 Å². The second kappa shape index (κ2) is 9.73. The maximum Gasteiger partial charge on any atom is 0.184 e. The number of aromatic nitrogens is 2. The molecule has 1 aliphatic rings. The number of anilines is 2. The number of benzene rings is 1. The standard InChI is InChI=1S/C19H29N5OS/c1-15-7-10-24(11-8-15)14-16-5-3-6-17(13-16)25-12-4-9-21-19-18(20-2)22-26-23-19/h3,5-6,13,15H,4,7-12,14H2,1-2H3,(H,20,22)(H,21,23). The number of nitrogens with one attached hydrogen (secondary N) is 2. The van der Waals surface area contributed by atoms with Gasteiger partial charge in [0.25, 0.3) is 0 Å². The predicted octanol–water partition coefficient (Wildman–Crippen LogP) is 3.69. The minimum atomic E-state index is 0.685. The molecule has 1 fully saturated rings. The Labute approximate surface area is 160 Å². The number of rotatable bonds is 9. The molecule has 2 aromatic rings. The van der Waals surface area contributed by atoms with Crippen LogP contribution in [0, 0.1) is 5.92 Å². The summed E-state index contributed by atoms with van der Waals surface area (Å²) in [5.41, 5.74) is 1.34. The molecule has 0 saturated carbocycles. The molecule has 0 atom stereocenters. The minimum absolute atomic E-state index is 0.685. The maximum atomic E-state index is 5.92. The summed E-state index contributed by atoms with van der Waals surface area (Å²) >= 11 is 1.21. The lowest BCUT2D eigenvalue weighted by Gasteiger charge is -2.30. The molecular formula is C19H29N5OS. The number of ether oxygens (including phenoxy) is 1. The molecule has 6 nitrogen and oxygen atoms in total. The number of hydrogen-bond donors (Lipinski definition) is 2. The van der Waals surface area contributed by atoms with E-state index in [9.17, 15) is 0 Å². The SMILES string of the molecule is CNc1nsnc1NCCCOc1cccc(CN2CCC(C)CC2)c1. The molecule has 0 amide bonds. The van der Waals surface area contributed by atoms with Gasteiger partial charge in [-0.05, 0) is 56.0 Å². The van der Waals surface area contributed by atoms with Gasteiger partial charge in [-0.2, -0.15) is 8.75 Å². The fourth-order valence-electron chi connectivity index (χ4n) is 3.15.